The molecule has 0 aliphatic heterocycles. The van der Waals surface area contributed by atoms with Gasteiger partial charge in [-0.3, -0.25) is 33.9 Å². The van der Waals surface area contributed by atoms with E-state index >= 15 is 0 Å². The van der Waals surface area contributed by atoms with Crippen LogP contribution in [0.2, 0.25) is 0 Å². The number of phenolic OH excluding ortho intramolecular Hbond substituents is 1. The molecule has 0 radical (unpaired) electrons. The summed E-state index contributed by atoms with van der Waals surface area (Å²) in [6, 6.07) is 7.32. The predicted octanol–water partition coefficient (Wildman–Crippen LogP) is 0.237. The van der Waals surface area contributed by atoms with E-state index in [1.165, 1.54) is 11.0 Å². The predicted molar refractivity (Wildman–Crippen MR) is 129 cm³/mol. The summed E-state index contributed by atoms with van der Waals surface area (Å²) in [5.74, 6) is -10.6. The quantitative estimate of drug-likeness (QED) is 0.495. The van der Waals surface area contributed by atoms with Crippen LogP contribution in [0.1, 0.15) is 28.0 Å². The van der Waals surface area contributed by atoms with Gasteiger partial charge in [0.1, 0.15) is 5.75 Å². The molecule has 0 saturated heterocycles. The summed E-state index contributed by atoms with van der Waals surface area (Å²) in [4.78, 5) is 72.1. The molecule has 192 valence electrons. The number of primary amides is 1. The molecule has 0 bridgehead atoms. The molecule has 1 aromatic heterocycles. The monoisotopic (exact) mass is 505 g/mol. The van der Waals surface area contributed by atoms with E-state index in [2.05, 4.69) is 4.98 Å². The van der Waals surface area contributed by atoms with E-state index in [-0.39, 0.29) is 24.2 Å². The maximum absolute atomic E-state index is 13.8. The van der Waals surface area contributed by atoms with Crippen LogP contribution in [0, 0.1) is 30.6 Å². The molecule has 37 heavy (non-hydrogen) atoms. The molecule has 1 heterocycles. The second-order valence-electron chi connectivity index (χ2n) is 10.4. The van der Waals surface area contributed by atoms with Gasteiger partial charge in [0.2, 0.25) is 5.91 Å². The molecule has 2 aromatic rings. The summed E-state index contributed by atoms with van der Waals surface area (Å²) in [6.45, 7) is 1.83. The van der Waals surface area contributed by atoms with E-state index in [0.29, 0.717) is 16.8 Å². The van der Waals surface area contributed by atoms with Crippen LogP contribution in [-0.2, 0) is 25.6 Å². The van der Waals surface area contributed by atoms with Crippen molar-refractivity contribution in [2.75, 3.05) is 14.1 Å². The average Bonchev–Trinajstić information content (AvgIpc) is 2.81. The van der Waals surface area contributed by atoms with Gasteiger partial charge in [-0.05, 0) is 69.6 Å². The Morgan fingerprint density at radius 3 is 2.43 bits per heavy atom. The van der Waals surface area contributed by atoms with Gasteiger partial charge in [0.15, 0.2) is 34.7 Å². The highest BCUT2D eigenvalue weighted by molar-refractivity contribution is 6.32. The fourth-order valence-electron chi connectivity index (χ4n) is 6.54. The lowest BCUT2D eigenvalue weighted by Gasteiger charge is -2.52. The number of aliphatic hydroxyl groups is 1. The van der Waals surface area contributed by atoms with Crippen LogP contribution < -0.4 is 5.73 Å². The van der Waals surface area contributed by atoms with Gasteiger partial charge in [0, 0.05) is 17.2 Å². The van der Waals surface area contributed by atoms with Crippen molar-refractivity contribution in [3.63, 3.8) is 0 Å². The van der Waals surface area contributed by atoms with E-state index in [0.717, 1.165) is 5.69 Å². The number of nitrogens with zero attached hydrogens (tertiary/aromatic N) is 2. The molecular weight excluding hydrogens is 478 g/mol. The molecule has 5 rings (SSSR count). The number of fused-ring (bicyclic) bond motifs is 3. The third-order valence-electron chi connectivity index (χ3n) is 8.11. The van der Waals surface area contributed by atoms with Gasteiger partial charge in [0.25, 0.3) is 0 Å². The van der Waals surface area contributed by atoms with E-state index < -0.39 is 64.4 Å². The minimum atomic E-state index is -2.73. The number of aromatic hydroxyl groups is 1. The van der Waals surface area contributed by atoms with Crippen LogP contribution in [0.3, 0.4) is 0 Å². The lowest BCUT2D eigenvalue weighted by molar-refractivity contribution is -0.181. The number of hydrogen-bond acceptors (Lipinski definition) is 9. The Bertz CT molecular complexity index is 1400. The fourth-order valence-corrected chi connectivity index (χ4v) is 6.54. The number of rotatable bonds is 3. The van der Waals surface area contributed by atoms with Crippen LogP contribution in [0.5, 0.6) is 5.75 Å². The van der Waals surface area contributed by atoms with Crippen LogP contribution in [0.15, 0.2) is 30.3 Å². The van der Waals surface area contributed by atoms with Crippen molar-refractivity contribution in [1.29, 1.82) is 0 Å². The summed E-state index contributed by atoms with van der Waals surface area (Å²) in [5, 5.41) is 22.3. The molecule has 0 spiro atoms. The zero-order valence-corrected chi connectivity index (χ0v) is 20.6. The van der Waals surface area contributed by atoms with Crippen molar-refractivity contribution < 1.29 is 34.2 Å². The van der Waals surface area contributed by atoms with E-state index in [4.69, 9.17) is 5.73 Å². The van der Waals surface area contributed by atoms with Crippen LogP contribution in [0.25, 0.3) is 11.3 Å². The molecule has 2 saturated carbocycles. The number of carbonyl (C=O) groups excluding carboxylic acids is 5. The normalized spacial score (nSPS) is 31.1. The van der Waals surface area contributed by atoms with Gasteiger partial charge < -0.3 is 15.9 Å². The first-order valence-electron chi connectivity index (χ1n) is 12.0. The number of pyridine rings is 1. The second kappa shape index (κ2) is 8.39. The lowest BCUT2D eigenvalue weighted by atomic mass is 9.52. The number of hydrogen-bond donors (Lipinski definition) is 3. The largest absolute Gasteiger partial charge is 0.507 e. The van der Waals surface area contributed by atoms with Crippen LogP contribution in [-0.4, -0.2) is 74.9 Å². The van der Waals surface area contributed by atoms with Gasteiger partial charge >= 0.3 is 0 Å². The summed E-state index contributed by atoms with van der Waals surface area (Å²) >= 11 is 0. The maximum atomic E-state index is 13.8. The molecule has 1 aromatic carbocycles. The number of benzene rings is 1. The summed E-state index contributed by atoms with van der Waals surface area (Å²) in [6.07, 6.45) is 0.186. The van der Waals surface area contributed by atoms with Gasteiger partial charge in [-0.2, -0.15) is 0 Å². The van der Waals surface area contributed by atoms with E-state index in [1.54, 1.807) is 26.2 Å². The number of nitrogens with two attached hydrogens (primary N) is 1. The first kappa shape index (κ1) is 24.9. The minimum Gasteiger partial charge on any atom is -0.507 e. The van der Waals surface area contributed by atoms with Gasteiger partial charge in [0.05, 0.1) is 23.2 Å². The number of amides is 1. The van der Waals surface area contributed by atoms with E-state index in [1.807, 2.05) is 19.1 Å². The highest BCUT2D eigenvalue weighted by Gasteiger charge is 2.69. The third kappa shape index (κ3) is 3.39. The SMILES string of the molecule is Cc1cccc(-c2ccc(O)c3c2C[C@H]2C[C@H]4[C@H](N(C)C)C(=O)C(C(N)=O)C(=O)[C@@]4(O)C(=O)C2C3=O)n1. The number of carbonyl (C=O) groups is 5. The molecule has 2 fully saturated rings. The third-order valence-corrected chi connectivity index (χ3v) is 8.11. The van der Waals surface area contributed by atoms with Crippen molar-refractivity contribution in [2.24, 2.45) is 29.4 Å². The number of Topliss-reactive ketones (excluding diaryl/α,β-unsaturated/α-hetero) is 4. The van der Waals surface area contributed by atoms with Crippen molar-refractivity contribution in [2.45, 2.75) is 31.4 Å². The van der Waals surface area contributed by atoms with Crippen molar-refractivity contribution in [3.05, 3.63) is 47.2 Å². The molecule has 4 N–H and O–H groups in total. The highest BCUT2D eigenvalue weighted by Crippen LogP contribution is 2.51. The Balaban J connectivity index is 1.67. The highest BCUT2D eigenvalue weighted by atomic mass is 16.3. The second-order valence-corrected chi connectivity index (χ2v) is 10.4. The number of aromatic nitrogens is 1. The van der Waals surface area contributed by atoms with Crippen molar-refractivity contribution in [1.82, 2.24) is 9.88 Å². The molecule has 2 unspecified atom stereocenters. The molecule has 10 nitrogen and oxygen atoms in total. The Morgan fingerprint density at radius 1 is 1.11 bits per heavy atom. The zero-order chi connectivity index (χ0) is 27.0. The maximum Gasteiger partial charge on any atom is 0.235 e. The van der Waals surface area contributed by atoms with Gasteiger partial charge in [-0.25, -0.2) is 0 Å². The smallest absolute Gasteiger partial charge is 0.235 e. The average molecular weight is 506 g/mol. The number of ketones is 4. The van der Waals surface area contributed by atoms with Crippen molar-refractivity contribution in [3.8, 4) is 17.0 Å². The van der Waals surface area contributed by atoms with Crippen LogP contribution >= 0.6 is 0 Å². The molecule has 6 atom stereocenters. The summed E-state index contributed by atoms with van der Waals surface area (Å²) < 4.78 is 0. The molecule has 3 aliphatic carbocycles. The molecule has 1 amide bonds. The number of phenols is 1. The topological polar surface area (TPSA) is 168 Å². The first-order valence-corrected chi connectivity index (χ1v) is 12.0. The molecule has 3 aliphatic rings. The molecule has 10 heteroatoms. The Kier molecular flexibility index (Phi) is 5.65. The number of likely N-dealkylation sites (N-methyl/N-ethyl adjacent to an activating group) is 1. The fraction of sp³-hybridized carbons (Fsp3) is 0.407. The zero-order valence-electron chi connectivity index (χ0n) is 20.6. The Hall–Kier alpha value is -3.76. The Morgan fingerprint density at radius 2 is 1.81 bits per heavy atom. The van der Waals surface area contributed by atoms with E-state index in [9.17, 15) is 34.2 Å². The minimum absolute atomic E-state index is 0.000236. The summed E-state index contributed by atoms with van der Waals surface area (Å²) in [7, 11) is 3.10. The first-order chi connectivity index (χ1) is 17.4. The molecular formula is C27H27N3O7. The van der Waals surface area contributed by atoms with Crippen LogP contribution in [0.4, 0.5) is 0 Å². The Labute approximate surface area is 212 Å². The standard InChI is InChI=1S/C27H27N3O7/c1-11-5-4-6-16(29-11)13-7-8-17(31)19-14(13)9-12-10-15-21(30(2)3)23(33)20(26(28)36)25(35)27(15,37)24(34)18(12)22(19)32/h4-8,12,15,18,20-21,31,37H,9-10H2,1-3H3,(H2,28,36)/t12-,15-,18?,20?,21-,27-/m0/s1. The van der Waals surface area contributed by atoms with Gasteiger partial charge in [-0.15, -0.1) is 0 Å². The lowest BCUT2D eigenvalue weighted by Crippen LogP contribution is -2.74. The number of aryl methyl sites for hydroxylation is 1. The summed E-state index contributed by atoms with van der Waals surface area (Å²) in [5.41, 5.74) is 5.06. The van der Waals surface area contributed by atoms with Crippen molar-refractivity contribution >= 4 is 29.0 Å². The van der Waals surface area contributed by atoms with Gasteiger partial charge in [-0.1, -0.05) is 6.07 Å².